The van der Waals surface area contributed by atoms with Gasteiger partial charge in [-0.05, 0) is 0 Å². The van der Waals surface area contributed by atoms with Crippen LogP contribution in [0.1, 0.15) is 44.5 Å². The van der Waals surface area contributed by atoms with Gasteiger partial charge in [-0.1, -0.05) is 0 Å². The molecule has 0 radical (unpaired) electrons. The first-order valence-corrected chi connectivity index (χ1v) is 26.7. The van der Waals surface area contributed by atoms with Crippen molar-refractivity contribution < 1.29 is 14.6 Å². The molecule has 2 atom stereocenters. The standard InChI is InChI=1S/2C16H13.C12H11Si.2CH3.Ti/c2*1-12-10-14-8-5-9-15(16(14)11-12)13-6-3-2-4-7-13;1-3-7-11(8-4-1)13-12-9-5-2-6-10-12;;;/h2*2-11H,1H3;1-10,13H;2*1H3;. The fraction of sp³-hybridized carbons (Fsp3) is 0.130. The molecule has 235 valence electrons. The van der Waals surface area contributed by atoms with Crippen molar-refractivity contribution >= 4 is 29.2 Å². The molecule has 2 unspecified atom stereocenters. The summed E-state index contributed by atoms with van der Waals surface area (Å²) in [5.41, 5.74) is 14.3. The average Bonchev–Trinajstić information content (AvgIpc) is 3.66. The number of hydrogen-bond donors (Lipinski definition) is 0. The molecule has 2 heteroatoms. The minimum atomic E-state index is -3.97. The van der Waals surface area contributed by atoms with E-state index < -0.39 is 21.2 Å². The van der Waals surface area contributed by atoms with Gasteiger partial charge in [-0.3, -0.25) is 0 Å². The Hall–Kier alpha value is -4.27. The summed E-state index contributed by atoms with van der Waals surface area (Å²) in [5.74, 6) is 0. The molecular formula is C46H43SiTi. The van der Waals surface area contributed by atoms with Crippen LogP contribution in [-0.2, 0) is 14.6 Å². The molecule has 0 N–H and O–H groups in total. The van der Waals surface area contributed by atoms with Crippen LogP contribution >= 0.6 is 0 Å². The third-order valence-corrected chi connectivity index (χ3v) is 38.1. The van der Waals surface area contributed by atoms with Gasteiger partial charge in [0, 0.05) is 0 Å². The van der Waals surface area contributed by atoms with Crippen LogP contribution in [0.5, 0.6) is 0 Å². The van der Waals surface area contributed by atoms with E-state index in [1.54, 1.807) is 32.6 Å². The molecule has 0 fully saturated rings. The molecule has 0 saturated carbocycles. The molecule has 8 rings (SSSR count). The third kappa shape index (κ3) is 4.83. The van der Waals surface area contributed by atoms with Crippen molar-refractivity contribution in [3.63, 3.8) is 0 Å². The monoisotopic (exact) mass is 671 g/mol. The SMILES string of the molecule is CC1=Cc2c(-c3ccccc3)cccc2[CH]1[Ti]([CH3])([CH3])([CH]1C(C)=Cc2c(-c3ccccc3)cccc21)[SiH](c1ccccc1)c1ccccc1. The van der Waals surface area contributed by atoms with E-state index in [4.69, 9.17) is 0 Å². The van der Waals surface area contributed by atoms with Gasteiger partial charge in [0.2, 0.25) is 0 Å². The molecule has 0 nitrogen and oxygen atoms in total. The van der Waals surface area contributed by atoms with E-state index >= 15 is 0 Å². The summed E-state index contributed by atoms with van der Waals surface area (Å²) in [6.45, 7) is 3.04. The zero-order chi connectivity index (χ0) is 32.9. The van der Waals surface area contributed by atoms with Crippen molar-refractivity contribution in [3.05, 3.63) is 191 Å². The molecular weight excluding hydrogens is 628 g/mol. The Balaban J connectivity index is 1.45. The van der Waals surface area contributed by atoms with Crippen molar-refractivity contribution in [1.82, 2.24) is 0 Å². The molecule has 0 aromatic heterocycles. The van der Waals surface area contributed by atoms with Gasteiger partial charge < -0.3 is 0 Å². The van der Waals surface area contributed by atoms with Crippen LogP contribution < -0.4 is 10.4 Å². The van der Waals surface area contributed by atoms with Gasteiger partial charge >= 0.3 is 290 Å². The van der Waals surface area contributed by atoms with Crippen LogP contribution in [0.3, 0.4) is 0 Å². The van der Waals surface area contributed by atoms with Crippen molar-refractivity contribution in [2.75, 3.05) is 0 Å². The topological polar surface area (TPSA) is 0 Å². The Labute approximate surface area is 288 Å². The van der Waals surface area contributed by atoms with E-state index in [1.807, 2.05) is 0 Å². The van der Waals surface area contributed by atoms with Gasteiger partial charge in [0.25, 0.3) is 0 Å². The van der Waals surface area contributed by atoms with E-state index in [2.05, 4.69) is 194 Å². The second-order valence-electron chi connectivity index (χ2n) is 15.0. The zero-order valence-electron chi connectivity index (χ0n) is 28.4. The van der Waals surface area contributed by atoms with Crippen molar-refractivity contribution in [2.45, 2.75) is 32.7 Å². The molecule has 0 aliphatic heterocycles. The minimum absolute atomic E-state index is 0.400. The molecule has 0 amide bonds. The van der Waals surface area contributed by atoms with Crippen molar-refractivity contribution in [1.29, 1.82) is 0 Å². The Morgan fingerprint density at radius 3 is 1.15 bits per heavy atom. The Kier molecular flexibility index (Phi) is 7.76. The van der Waals surface area contributed by atoms with Gasteiger partial charge in [-0.25, -0.2) is 0 Å². The van der Waals surface area contributed by atoms with Gasteiger partial charge in [0.05, 0.1) is 0 Å². The summed E-state index contributed by atoms with van der Waals surface area (Å²) < 4.78 is 0.801. The summed E-state index contributed by atoms with van der Waals surface area (Å²) in [6, 6.07) is 59.6. The number of hydrogen-bond acceptors (Lipinski definition) is 0. The first-order chi connectivity index (χ1) is 23.4. The van der Waals surface area contributed by atoms with Crippen LogP contribution in [0.4, 0.5) is 0 Å². The number of rotatable bonds is 7. The van der Waals surface area contributed by atoms with E-state index in [0.717, 1.165) is 0 Å². The molecule has 0 bridgehead atoms. The summed E-state index contributed by atoms with van der Waals surface area (Å²) in [6.07, 6.45) is 5.13. The van der Waals surface area contributed by atoms with Crippen LogP contribution in [0.15, 0.2) is 169 Å². The van der Waals surface area contributed by atoms with E-state index in [9.17, 15) is 0 Å². The van der Waals surface area contributed by atoms with Crippen LogP contribution in [-0.4, -0.2) is 6.66 Å². The quantitative estimate of drug-likeness (QED) is 0.148. The zero-order valence-corrected chi connectivity index (χ0v) is 31.1. The average molecular weight is 672 g/mol. The molecule has 0 heterocycles. The first kappa shape index (κ1) is 31.0. The van der Waals surface area contributed by atoms with E-state index in [0.29, 0.717) is 8.45 Å². The van der Waals surface area contributed by atoms with Gasteiger partial charge in [0.15, 0.2) is 0 Å². The van der Waals surface area contributed by atoms with E-state index in [1.165, 1.54) is 33.4 Å². The van der Waals surface area contributed by atoms with Crippen LogP contribution in [0, 0.1) is 0 Å². The molecule has 2 aliphatic rings. The van der Waals surface area contributed by atoms with Crippen LogP contribution in [0.25, 0.3) is 34.4 Å². The summed E-state index contributed by atoms with van der Waals surface area (Å²) >= 11 is -3.97. The number of allylic oxidation sites excluding steroid dienone is 2. The molecule has 6 aromatic carbocycles. The summed E-state index contributed by atoms with van der Waals surface area (Å²) in [4.78, 5) is 0. The molecule has 0 spiro atoms. The van der Waals surface area contributed by atoms with Crippen molar-refractivity contribution in [2.24, 2.45) is 0 Å². The summed E-state index contributed by atoms with van der Waals surface area (Å²) in [5, 5.41) is 8.89. The molecule has 2 aliphatic carbocycles. The van der Waals surface area contributed by atoms with E-state index in [-0.39, 0.29) is 0 Å². The second-order valence-corrected chi connectivity index (χ2v) is 37.7. The fourth-order valence-electron chi connectivity index (χ4n) is 10.3. The second kappa shape index (κ2) is 12.0. The van der Waals surface area contributed by atoms with Gasteiger partial charge in [0.1, 0.15) is 0 Å². The van der Waals surface area contributed by atoms with Gasteiger partial charge in [-0.2, -0.15) is 0 Å². The number of benzene rings is 6. The van der Waals surface area contributed by atoms with Crippen LogP contribution in [0.2, 0.25) is 10.5 Å². The van der Waals surface area contributed by atoms with Crippen molar-refractivity contribution in [3.8, 4) is 22.3 Å². The summed E-state index contributed by atoms with van der Waals surface area (Å²) in [7, 11) is 0. The van der Waals surface area contributed by atoms with Gasteiger partial charge in [-0.15, -0.1) is 0 Å². The Bertz CT molecular complexity index is 2030. The fourth-order valence-corrected chi connectivity index (χ4v) is 42.2. The third-order valence-electron chi connectivity index (χ3n) is 11.7. The first-order valence-electron chi connectivity index (χ1n) is 17.4. The maximum atomic E-state index is 2.87. The number of fused-ring (bicyclic) bond motifs is 2. The predicted molar refractivity (Wildman–Crippen MR) is 208 cm³/mol. The normalized spacial score (nSPS) is 17.6. The Morgan fingerprint density at radius 1 is 0.417 bits per heavy atom. The maximum absolute atomic E-state index is 3.97. The predicted octanol–water partition coefficient (Wildman–Crippen LogP) is 11.0. The molecule has 6 aromatic rings. The molecule has 0 saturated heterocycles. The Morgan fingerprint density at radius 2 is 0.771 bits per heavy atom. The molecule has 48 heavy (non-hydrogen) atoms.